The maximum absolute atomic E-state index is 5.74. The molecule has 2 aromatic rings. The number of nitrogens with one attached hydrogen (secondary N) is 1. The second-order valence-corrected chi connectivity index (χ2v) is 6.11. The molecule has 0 aliphatic rings. The topological polar surface area (TPSA) is 38.0 Å². The second kappa shape index (κ2) is 5.82. The van der Waals surface area contributed by atoms with Gasteiger partial charge >= 0.3 is 0 Å². The molecule has 5 heteroatoms. The molecule has 18 heavy (non-hydrogen) atoms. The minimum absolute atomic E-state index is 0.221. The highest BCUT2D eigenvalue weighted by Gasteiger charge is 2.10. The van der Waals surface area contributed by atoms with E-state index in [0.717, 1.165) is 15.7 Å². The third-order valence-electron chi connectivity index (χ3n) is 2.66. The van der Waals surface area contributed by atoms with Crippen LogP contribution < -0.4 is 11.1 Å². The van der Waals surface area contributed by atoms with Gasteiger partial charge in [0, 0.05) is 21.8 Å². The molecule has 1 aromatic carbocycles. The van der Waals surface area contributed by atoms with Gasteiger partial charge in [-0.2, -0.15) is 11.3 Å². The van der Waals surface area contributed by atoms with Crippen LogP contribution in [-0.4, -0.2) is 4.99 Å². The van der Waals surface area contributed by atoms with E-state index < -0.39 is 0 Å². The highest BCUT2D eigenvalue weighted by atomic mass is 79.9. The van der Waals surface area contributed by atoms with E-state index in [-0.39, 0.29) is 6.04 Å². The molecule has 0 saturated carbocycles. The molecule has 1 atom stereocenters. The second-order valence-electron chi connectivity index (χ2n) is 3.98. The first kappa shape index (κ1) is 13.5. The standard InChI is InChI=1S/C13H13BrN2S2/c1-8(9-4-5-18-7-9)16-12-6-10(14)2-3-11(12)13(15)17/h2-8,16H,1H3,(H2,15,17). The van der Waals surface area contributed by atoms with Gasteiger partial charge in [0.1, 0.15) is 4.99 Å². The quantitative estimate of drug-likeness (QED) is 0.814. The molecule has 3 N–H and O–H groups in total. The molecular formula is C13H13BrN2S2. The van der Waals surface area contributed by atoms with Crippen LogP contribution in [0.5, 0.6) is 0 Å². The van der Waals surface area contributed by atoms with Gasteiger partial charge in [-0.25, -0.2) is 0 Å². The van der Waals surface area contributed by atoms with E-state index in [1.54, 1.807) is 11.3 Å². The van der Waals surface area contributed by atoms with Crippen LogP contribution in [0.25, 0.3) is 0 Å². The third kappa shape index (κ3) is 3.10. The monoisotopic (exact) mass is 340 g/mol. The SMILES string of the molecule is CC(Nc1cc(Br)ccc1C(N)=S)c1ccsc1. The van der Waals surface area contributed by atoms with E-state index >= 15 is 0 Å². The van der Waals surface area contributed by atoms with Gasteiger partial charge < -0.3 is 11.1 Å². The van der Waals surface area contributed by atoms with Crippen molar-refractivity contribution in [1.82, 2.24) is 0 Å². The Kier molecular flexibility index (Phi) is 4.37. The number of rotatable bonds is 4. The Hall–Kier alpha value is -0.910. The van der Waals surface area contributed by atoms with E-state index in [9.17, 15) is 0 Å². The van der Waals surface area contributed by atoms with Crippen molar-refractivity contribution >= 4 is 50.2 Å². The van der Waals surface area contributed by atoms with Gasteiger partial charge in [0.15, 0.2) is 0 Å². The van der Waals surface area contributed by atoms with E-state index in [1.165, 1.54) is 5.56 Å². The Morgan fingerprint density at radius 3 is 2.83 bits per heavy atom. The van der Waals surface area contributed by atoms with E-state index in [1.807, 2.05) is 18.2 Å². The molecule has 0 aliphatic carbocycles. The average molecular weight is 341 g/mol. The normalized spacial score (nSPS) is 12.1. The lowest BCUT2D eigenvalue weighted by Crippen LogP contribution is -2.14. The summed E-state index contributed by atoms with van der Waals surface area (Å²) in [4.78, 5) is 0.405. The summed E-state index contributed by atoms with van der Waals surface area (Å²) in [5.74, 6) is 0. The van der Waals surface area contributed by atoms with Gasteiger partial charge in [-0.3, -0.25) is 0 Å². The molecule has 2 nitrogen and oxygen atoms in total. The number of thiophene rings is 1. The first-order valence-corrected chi connectivity index (χ1v) is 7.60. The summed E-state index contributed by atoms with van der Waals surface area (Å²) in [5.41, 5.74) is 8.82. The number of benzene rings is 1. The predicted octanol–water partition coefficient (Wildman–Crippen LogP) is 4.32. The van der Waals surface area contributed by atoms with Gasteiger partial charge in [-0.15, -0.1) is 0 Å². The third-order valence-corrected chi connectivity index (χ3v) is 4.08. The van der Waals surface area contributed by atoms with E-state index in [2.05, 4.69) is 45.0 Å². The molecule has 0 spiro atoms. The van der Waals surface area contributed by atoms with Crippen LogP contribution in [0.4, 0.5) is 5.69 Å². The van der Waals surface area contributed by atoms with Crippen LogP contribution in [0.15, 0.2) is 39.5 Å². The first-order valence-electron chi connectivity index (χ1n) is 5.46. The zero-order valence-electron chi connectivity index (χ0n) is 9.81. The summed E-state index contributed by atoms with van der Waals surface area (Å²) in [6.07, 6.45) is 0. The zero-order valence-corrected chi connectivity index (χ0v) is 13.0. The van der Waals surface area contributed by atoms with Crippen LogP contribution in [0.2, 0.25) is 0 Å². The molecule has 0 radical (unpaired) electrons. The molecule has 2 rings (SSSR count). The molecule has 0 aliphatic heterocycles. The van der Waals surface area contributed by atoms with Crippen molar-refractivity contribution in [2.24, 2.45) is 5.73 Å². The van der Waals surface area contributed by atoms with Crippen molar-refractivity contribution in [2.75, 3.05) is 5.32 Å². The Bertz CT molecular complexity index is 552. The molecular weight excluding hydrogens is 328 g/mol. The predicted molar refractivity (Wildman–Crippen MR) is 86.4 cm³/mol. The largest absolute Gasteiger partial charge is 0.389 e. The van der Waals surface area contributed by atoms with Crippen LogP contribution >= 0.6 is 39.5 Å². The smallest absolute Gasteiger partial charge is 0.106 e. The highest BCUT2D eigenvalue weighted by molar-refractivity contribution is 9.10. The fourth-order valence-electron chi connectivity index (χ4n) is 1.69. The Morgan fingerprint density at radius 2 is 2.22 bits per heavy atom. The van der Waals surface area contributed by atoms with Gasteiger partial charge in [0.25, 0.3) is 0 Å². The number of hydrogen-bond acceptors (Lipinski definition) is 3. The van der Waals surface area contributed by atoms with Crippen molar-refractivity contribution in [1.29, 1.82) is 0 Å². The summed E-state index contributed by atoms with van der Waals surface area (Å²) in [5, 5.41) is 7.65. The molecule has 1 heterocycles. The maximum Gasteiger partial charge on any atom is 0.106 e. The summed E-state index contributed by atoms with van der Waals surface area (Å²) in [6, 6.07) is 8.20. The Balaban J connectivity index is 2.28. The van der Waals surface area contributed by atoms with Gasteiger partial charge in [0.05, 0.1) is 0 Å². The fourth-order valence-corrected chi connectivity index (χ4v) is 2.98. The van der Waals surface area contributed by atoms with Crippen molar-refractivity contribution in [3.63, 3.8) is 0 Å². The fraction of sp³-hybridized carbons (Fsp3) is 0.154. The Morgan fingerprint density at radius 1 is 1.44 bits per heavy atom. The summed E-state index contributed by atoms with van der Waals surface area (Å²) < 4.78 is 1.00. The van der Waals surface area contributed by atoms with Crippen molar-refractivity contribution in [3.05, 3.63) is 50.6 Å². The van der Waals surface area contributed by atoms with Crippen LogP contribution in [-0.2, 0) is 0 Å². The Labute approximate surface area is 124 Å². The van der Waals surface area contributed by atoms with Gasteiger partial charge in [-0.05, 0) is 47.5 Å². The minimum Gasteiger partial charge on any atom is -0.389 e. The lowest BCUT2D eigenvalue weighted by atomic mass is 10.1. The lowest BCUT2D eigenvalue weighted by molar-refractivity contribution is 0.890. The van der Waals surface area contributed by atoms with Crippen LogP contribution in [0.3, 0.4) is 0 Å². The number of anilines is 1. The molecule has 94 valence electrons. The minimum atomic E-state index is 0.221. The average Bonchev–Trinajstić information content (AvgIpc) is 2.81. The van der Waals surface area contributed by atoms with Crippen molar-refractivity contribution in [3.8, 4) is 0 Å². The number of nitrogens with two attached hydrogens (primary N) is 1. The van der Waals surface area contributed by atoms with E-state index in [4.69, 9.17) is 18.0 Å². The molecule has 0 amide bonds. The summed E-state index contributed by atoms with van der Waals surface area (Å²) >= 11 is 10.2. The maximum atomic E-state index is 5.74. The summed E-state index contributed by atoms with van der Waals surface area (Å²) in [7, 11) is 0. The molecule has 0 bridgehead atoms. The zero-order chi connectivity index (χ0) is 13.1. The van der Waals surface area contributed by atoms with Crippen LogP contribution in [0, 0.1) is 0 Å². The van der Waals surface area contributed by atoms with Crippen molar-refractivity contribution < 1.29 is 0 Å². The molecule has 0 saturated heterocycles. The van der Waals surface area contributed by atoms with Crippen LogP contribution in [0.1, 0.15) is 24.1 Å². The lowest BCUT2D eigenvalue weighted by Gasteiger charge is -2.17. The van der Waals surface area contributed by atoms with E-state index in [0.29, 0.717) is 4.99 Å². The molecule has 1 aromatic heterocycles. The first-order chi connectivity index (χ1) is 8.58. The highest BCUT2D eigenvalue weighted by Crippen LogP contribution is 2.26. The van der Waals surface area contributed by atoms with Gasteiger partial charge in [-0.1, -0.05) is 28.1 Å². The number of thiocarbonyl (C=S) groups is 1. The van der Waals surface area contributed by atoms with Crippen molar-refractivity contribution in [2.45, 2.75) is 13.0 Å². The molecule has 1 unspecified atom stereocenters. The molecule has 0 fully saturated rings. The number of hydrogen-bond donors (Lipinski definition) is 2. The number of halogens is 1. The van der Waals surface area contributed by atoms with Gasteiger partial charge in [0.2, 0.25) is 0 Å². The summed E-state index contributed by atoms with van der Waals surface area (Å²) in [6.45, 7) is 2.12.